The van der Waals surface area contributed by atoms with Crippen LogP contribution in [0.4, 0.5) is 5.82 Å². The Balaban J connectivity index is 2.05. The maximum Gasteiger partial charge on any atom is 0.335 e. The van der Waals surface area contributed by atoms with Gasteiger partial charge in [-0.25, -0.2) is 19.7 Å². The van der Waals surface area contributed by atoms with E-state index in [-0.39, 0.29) is 17.9 Å². The zero-order valence-electron chi connectivity index (χ0n) is 15.6. The number of aromatic carboxylic acids is 1. The molecule has 9 heteroatoms. The van der Waals surface area contributed by atoms with Gasteiger partial charge in [0.1, 0.15) is 23.0 Å². The van der Waals surface area contributed by atoms with Gasteiger partial charge in [-0.15, -0.1) is 0 Å². The van der Waals surface area contributed by atoms with Crippen molar-refractivity contribution in [3.63, 3.8) is 0 Å². The van der Waals surface area contributed by atoms with Crippen LogP contribution in [0.1, 0.15) is 48.8 Å². The van der Waals surface area contributed by atoms with E-state index >= 15 is 0 Å². The van der Waals surface area contributed by atoms with E-state index < -0.39 is 11.9 Å². The predicted molar refractivity (Wildman–Crippen MR) is 103 cm³/mol. The lowest BCUT2D eigenvalue weighted by Gasteiger charge is -2.09. The predicted octanol–water partition coefficient (Wildman–Crippen LogP) is 2.89. The third kappa shape index (κ3) is 4.08. The number of imidazole rings is 1. The van der Waals surface area contributed by atoms with Crippen LogP contribution in [-0.2, 0) is 4.79 Å². The molecule has 0 bridgehead atoms. The topological polar surface area (TPSA) is 130 Å². The fraction of sp³-hybridized carbons (Fsp3) is 0.316. The summed E-state index contributed by atoms with van der Waals surface area (Å²) in [6.07, 6.45) is 3.78. The zero-order valence-corrected chi connectivity index (χ0v) is 15.6. The highest BCUT2D eigenvalue weighted by Gasteiger charge is 2.18. The molecule has 3 rings (SSSR count). The number of hydrogen-bond acceptors (Lipinski definition) is 6. The molecular weight excluding hydrogens is 362 g/mol. The Kier molecular flexibility index (Phi) is 5.53. The highest BCUT2D eigenvalue weighted by atomic mass is 16.4. The molecule has 0 atom stereocenters. The van der Waals surface area contributed by atoms with E-state index in [1.54, 1.807) is 22.9 Å². The number of carbonyl (C=O) groups is 2. The summed E-state index contributed by atoms with van der Waals surface area (Å²) >= 11 is 0. The van der Waals surface area contributed by atoms with Crippen LogP contribution in [0.15, 0.2) is 30.6 Å². The Bertz CT molecular complexity index is 1030. The molecule has 146 valence electrons. The van der Waals surface area contributed by atoms with Crippen molar-refractivity contribution in [3.8, 4) is 11.4 Å². The van der Waals surface area contributed by atoms with Crippen LogP contribution in [0.2, 0.25) is 0 Å². The molecule has 0 unspecified atom stereocenters. The third-order valence-corrected chi connectivity index (χ3v) is 4.17. The average Bonchev–Trinajstić information content (AvgIpc) is 3.03. The summed E-state index contributed by atoms with van der Waals surface area (Å²) in [6.45, 7) is 4.41. The second kappa shape index (κ2) is 8.03. The Morgan fingerprint density at radius 2 is 2.00 bits per heavy atom. The van der Waals surface area contributed by atoms with Gasteiger partial charge in [-0.05, 0) is 24.6 Å². The Labute approximate surface area is 161 Å². The summed E-state index contributed by atoms with van der Waals surface area (Å²) in [5.41, 5.74) is 1.76. The van der Waals surface area contributed by atoms with Crippen molar-refractivity contribution >= 4 is 23.4 Å². The van der Waals surface area contributed by atoms with Gasteiger partial charge >= 0.3 is 11.9 Å². The molecule has 0 aliphatic rings. The summed E-state index contributed by atoms with van der Waals surface area (Å²) in [4.78, 5) is 35.4. The largest absolute Gasteiger partial charge is 0.481 e. The van der Waals surface area contributed by atoms with Crippen LogP contribution < -0.4 is 5.32 Å². The van der Waals surface area contributed by atoms with Gasteiger partial charge < -0.3 is 15.5 Å². The van der Waals surface area contributed by atoms with Gasteiger partial charge in [-0.3, -0.25) is 9.20 Å². The van der Waals surface area contributed by atoms with Crippen LogP contribution in [0.3, 0.4) is 0 Å². The van der Waals surface area contributed by atoms with E-state index in [1.807, 2.05) is 13.8 Å². The van der Waals surface area contributed by atoms with Crippen LogP contribution in [0.25, 0.3) is 17.0 Å². The van der Waals surface area contributed by atoms with Gasteiger partial charge in [-0.1, -0.05) is 13.8 Å². The Morgan fingerprint density at radius 3 is 2.68 bits per heavy atom. The first-order valence-corrected chi connectivity index (χ1v) is 8.91. The number of nitrogens with zero attached hydrogens (tertiary/aromatic N) is 4. The van der Waals surface area contributed by atoms with Crippen molar-refractivity contribution in [1.82, 2.24) is 19.4 Å². The summed E-state index contributed by atoms with van der Waals surface area (Å²) in [6, 6.07) is 4.72. The minimum atomic E-state index is -1.04. The first-order valence-electron chi connectivity index (χ1n) is 8.91. The van der Waals surface area contributed by atoms with E-state index in [4.69, 9.17) is 5.11 Å². The molecule has 3 aromatic rings. The van der Waals surface area contributed by atoms with Gasteiger partial charge in [0.25, 0.3) is 0 Å². The molecule has 0 saturated heterocycles. The maximum atomic E-state index is 11.3. The number of rotatable bonds is 8. The molecule has 0 amide bonds. The van der Waals surface area contributed by atoms with Crippen molar-refractivity contribution in [2.24, 2.45) is 0 Å². The second-order valence-corrected chi connectivity index (χ2v) is 6.64. The number of aromatic nitrogens is 4. The molecule has 0 saturated carbocycles. The van der Waals surface area contributed by atoms with Crippen LogP contribution in [0.5, 0.6) is 0 Å². The van der Waals surface area contributed by atoms with Crippen molar-refractivity contribution < 1.29 is 19.8 Å². The maximum absolute atomic E-state index is 11.3. The standard InChI is InChI=1S/C19H21N5O4/c1-11(2)17-20-8-5-13(22-17)16-18(21-7-3-4-15(25)26)24-9-6-12(19(27)28)10-14(24)23-16/h5-6,8-11,21H,3-4,7H2,1-2H3,(H,25,26)(H,27,28). The summed E-state index contributed by atoms with van der Waals surface area (Å²) in [5, 5.41) is 21.3. The van der Waals surface area contributed by atoms with E-state index in [0.29, 0.717) is 41.6 Å². The first-order chi connectivity index (χ1) is 13.4. The van der Waals surface area contributed by atoms with Gasteiger partial charge in [0, 0.05) is 31.3 Å². The minimum Gasteiger partial charge on any atom is -0.481 e. The summed E-state index contributed by atoms with van der Waals surface area (Å²) in [5.74, 6) is -0.443. The smallest absolute Gasteiger partial charge is 0.335 e. The lowest BCUT2D eigenvalue weighted by Crippen LogP contribution is -2.08. The molecule has 0 radical (unpaired) electrons. The number of anilines is 1. The minimum absolute atomic E-state index is 0.0488. The molecule has 0 aliphatic heterocycles. The number of carboxylic acids is 2. The molecule has 3 aromatic heterocycles. The fourth-order valence-corrected chi connectivity index (χ4v) is 2.76. The van der Waals surface area contributed by atoms with Crippen molar-refractivity contribution in [3.05, 3.63) is 42.0 Å². The quantitative estimate of drug-likeness (QED) is 0.506. The van der Waals surface area contributed by atoms with Crippen molar-refractivity contribution in [2.75, 3.05) is 11.9 Å². The highest BCUT2D eigenvalue weighted by molar-refractivity contribution is 5.89. The first kappa shape index (κ1) is 19.3. The highest BCUT2D eigenvalue weighted by Crippen LogP contribution is 2.28. The Morgan fingerprint density at radius 1 is 1.21 bits per heavy atom. The zero-order chi connectivity index (χ0) is 20.3. The molecule has 0 aliphatic carbocycles. The molecule has 0 fully saturated rings. The molecule has 3 heterocycles. The monoisotopic (exact) mass is 383 g/mol. The van der Waals surface area contributed by atoms with Gasteiger partial charge in [0.15, 0.2) is 0 Å². The van der Waals surface area contributed by atoms with E-state index in [9.17, 15) is 14.7 Å². The fourth-order valence-electron chi connectivity index (χ4n) is 2.76. The van der Waals surface area contributed by atoms with Crippen molar-refractivity contribution in [2.45, 2.75) is 32.6 Å². The Hall–Kier alpha value is -3.49. The lowest BCUT2D eigenvalue weighted by atomic mass is 10.2. The third-order valence-electron chi connectivity index (χ3n) is 4.17. The molecular formula is C19H21N5O4. The van der Waals surface area contributed by atoms with E-state index in [2.05, 4.69) is 20.3 Å². The molecule has 0 aromatic carbocycles. The number of hydrogen-bond donors (Lipinski definition) is 3. The van der Waals surface area contributed by atoms with Crippen LogP contribution >= 0.6 is 0 Å². The van der Waals surface area contributed by atoms with E-state index in [1.165, 1.54) is 12.1 Å². The van der Waals surface area contributed by atoms with Gasteiger partial charge in [0.2, 0.25) is 0 Å². The molecule has 0 spiro atoms. The number of fused-ring (bicyclic) bond motifs is 1. The number of carboxylic acid groups (broad SMARTS) is 2. The molecule has 3 N–H and O–H groups in total. The van der Waals surface area contributed by atoms with Crippen LogP contribution in [0, 0.1) is 0 Å². The normalized spacial score (nSPS) is 11.1. The number of nitrogens with one attached hydrogen (secondary N) is 1. The molecule has 28 heavy (non-hydrogen) atoms. The van der Waals surface area contributed by atoms with E-state index in [0.717, 1.165) is 0 Å². The van der Waals surface area contributed by atoms with Gasteiger partial charge in [0.05, 0.1) is 11.3 Å². The van der Waals surface area contributed by atoms with Crippen LogP contribution in [-0.4, -0.2) is 48.0 Å². The number of aliphatic carboxylic acids is 1. The average molecular weight is 383 g/mol. The van der Waals surface area contributed by atoms with Gasteiger partial charge in [-0.2, -0.15) is 0 Å². The SMILES string of the molecule is CC(C)c1nccc(-c2nc3cc(C(=O)O)ccn3c2NCCCC(=O)O)n1. The summed E-state index contributed by atoms with van der Waals surface area (Å²) in [7, 11) is 0. The molecule has 9 nitrogen and oxygen atoms in total. The second-order valence-electron chi connectivity index (χ2n) is 6.64. The lowest BCUT2D eigenvalue weighted by molar-refractivity contribution is -0.137. The summed E-state index contributed by atoms with van der Waals surface area (Å²) < 4.78 is 1.74. The number of pyridine rings is 1. The van der Waals surface area contributed by atoms with Crippen molar-refractivity contribution in [1.29, 1.82) is 0 Å².